The molecule has 0 bridgehead atoms. The van der Waals surface area contributed by atoms with E-state index in [4.69, 9.17) is 32.0 Å². The van der Waals surface area contributed by atoms with Crippen LogP contribution in [0.1, 0.15) is 36.8 Å². The number of oxime groups is 1. The molecule has 1 aliphatic carbocycles. The summed E-state index contributed by atoms with van der Waals surface area (Å²) >= 11 is 6.21. The zero-order chi connectivity index (χ0) is 15.2. The van der Waals surface area contributed by atoms with E-state index in [9.17, 15) is 0 Å². The van der Waals surface area contributed by atoms with Crippen LogP contribution >= 0.6 is 11.6 Å². The Labute approximate surface area is 129 Å². The molecule has 0 heterocycles. The lowest BCUT2D eigenvalue weighted by atomic mass is 9.95. The average molecular weight is 313 g/mol. The highest BCUT2D eigenvalue weighted by molar-refractivity contribution is 6.31. The predicted molar refractivity (Wildman–Crippen MR) is 81.8 cm³/mol. The SMILES string of the molecule is COC1CCCC(OCc2ccc(/C(N)=N/O)cc2Cl)C1. The van der Waals surface area contributed by atoms with E-state index in [2.05, 4.69) is 5.16 Å². The van der Waals surface area contributed by atoms with Gasteiger partial charge in [-0.15, -0.1) is 0 Å². The summed E-state index contributed by atoms with van der Waals surface area (Å²) in [5, 5.41) is 12.2. The van der Waals surface area contributed by atoms with Gasteiger partial charge in [0.25, 0.3) is 0 Å². The normalized spacial score (nSPS) is 23.2. The minimum Gasteiger partial charge on any atom is -0.409 e. The van der Waals surface area contributed by atoms with Gasteiger partial charge in [-0.05, 0) is 37.3 Å². The molecular formula is C15H21ClN2O3. The van der Waals surface area contributed by atoms with E-state index in [1.165, 1.54) is 0 Å². The third-order valence-electron chi connectivity index (χ3n) is 3.84. The maximum atomic E-state index is 8.65. The number of amidine groups is 1. The smallest absolute Gasteiger partial charge is 0.170 e. The van der Waals surface area contributed by atoms with Crippen LogP contribution in [0.3, 0.4) is 0 Å². The molecule has 0 aliphatic heterocycles. The summed E-state index contributed by atoms with van der Waals surface area (Å²) in [6.45, 7) is 0.455. The first-order chi connectivity index (χ1) is 10.1. The van der Waals surface area contributed by atoms with Crippen LogP contribution in [0.4, 0.5) is 0 Å². The van der Waals surface area contributed by atoms with Gasteiger partial charge in [0.05, 0.1) is 18.8 Å². The highest BCUT2D eigenvalue weighted by Gasteiger charge is 2.22. The third-order valence-corrected chi connectivity index (χ3v) is 4.19. The molecule has 1 saturated carbocycles. The van der Waals surface area contributed by atoms with Crippen molar-refractivity contribution in [3.63, 3.8) is 0 Å². The molecule has 2 unspecified atom stereocenters. The molecule has 1 aromatic rings. The van der Waals surface area contributed by atoms with Crippen LogP contribution in [-0.4, -0.2) is 30.4 Å². The Balaban J connectivity index is 1.94. The van der Waals surface area contributed by atoms with Crippen molar-refractivity contribution in [3.05, 3.63) is 34.3 Å². The number of nitrogens with two attached hydrogens (primary N) is 1. The van der Waals surface area contributed by atoms with Gasteiger partial charge in [0.1, 0.15) is 0 Å². The molecule has 1 aromatic carbocycles. The predicted octanol–water partition coefficient (Wildman–Crippen LogP) is 2.91. The number of halogens is 1. The molecule has 2 rings (SSSR count). The topological polar surface area (TPSA) is 77.1 Å². The van der Waals surface area contributed by atoms with E-state index >= 15 is 0 Å². The Hall–Kier alpha value is -1.30. The second-order valence-electron chi connectivity index (χ2n) is 5.25. The fourth-order valence-corrected chi connectivity index (χ4v) is 2.79. The molecule has 116 valence electrons. The van der Waals surface area contributed by atoms with Crippen molar-refractivity contribution >= 4 is 17.4 Å². The summed E-state index contributed by atoms with van der Waals surface area (Å²) in [5.41, 5.74) is 7.01. The second-order valence-corrected chi connectivity index (χ2v) is 5.66. The van der Waals surface area contributed by atoms with E-state index in [1.807, 2.05) is 6.07 Å². The summed E-state index contributed by atoms with van der Waals surface area (Å²) in [6, 6.07) is 5.28. The third kappa shape index (κ3) is 4.33. The van der Waals surface area contributed by atoms with Crippen LogP contribution in [0.2, 0.25) is 5.02 Å². The fourth-order valence-electron chi connectivity index (χ4n) is 2.56. The average Bonchev–Trinajstić information content (AvgIpc) is 2.53. The number of ether oxygens (including phenoxy) is 2. The number of rotatable bonds is 5. The van der Waals surface area contributed by atoms with Crippen molar-refractivity contribution < 1.29 is 14.7 Å². The van der Waals surface area contributed by atoms with Crippen LogP contribution < -0.4 is 5.73 Å². The monoisotopic (exact) mass is 312 g/mol. The number of nitrogens with zero attached hydrogens (tertiary/aromatic N) is 1. The summed E-state index contributed by atoms with van der Waals surface area (Å²) < 4.78 is 11.3. The molecule has 0 aromatic heterocycles. The lowest BCUT2D eigenvalue weighted by Gasteiger charge is -2.28. The molecule has 3 N–H and O–H groups in total. The van der Waals surface area contributed by atoms with Gasteiger partial charge < -0.3 is 20.4 Å². The highest BCUT2D eigenvalue weighted by atomic mass is 35.5. The first-order valence-electron chi connectivity index (χ1n) is 7.04. The van der Waals surface area contributed by atoms with Gasteiger partial charge in [0, 0.05) is 17.7 Å². The van der Waals surface area contributed by atoms with E-state index in [0.717, 1.165) is 31.2 Å². The molecule has 0 amide bonds. The molecule has 0 radical (unpaired) electrons. The van der Waals surface area contributed by atoms with Gasteiger partial charge in [0.2, 0.25) is 0 Å². The van der Waals surface area contributed by atoms with Gasteiger partial charge in [-0.25, -0.2) is 0 Å². The Morgan fingerprint density at radius 3 is 2.86 bits per heavy atom. The molecule has 1 aliphatic rings. The minimum atomic E-state index is 0.0413. The van der Waals surface area contributed by atoms with Gasteiger partial charge in [0.15, 0.2) is 5.84 Å². The van der Waals surface area contributed by atoms with E-state index < -0.39 is 0 Å². The van der Waals surface area contributed by atoms with Crippen molar-refractivity contribution in [1.82, 2.24) is 0 Å². The molecule has 21 heavy (non-hydrogen) atoms. The largest absolute Gasteiger partial charge is 0.409 e. The highest BCUT2D eigenvalue weighted by Crippen LogP contribution is 2.25. The zero-order valence-electron chi connectivity index (χ0n) is 12.1. The minimum absolute atomic E-state index is 0.0413. The van der Waals surface area contributed by atoms with Crippen molar-refractivity contribution in [2.75, 3.05) is 7.11 Å². The zero-order valence-corrected chi connectivity index (χ0v) is 12.8. The summed E-state index contributed by atoms with van der Waals surface area (Å²) in [5.74, 6) is 0.0413. The lowest BCUT2D eigenvalue weighted by Crippen LogP contribution is -2.27. The van der Waals surface area contributed by atoms with Crippen molar-refractivity contribution in [2.45, 2.75) is 44.5 Å². The Morgan fingerprint density at radius 2 is 2.19 bits per heavy atom. The lowest BCUT2D eigenvalue weighted by molar-refractivity contribution is -0.0363. The van der Waals surface area contributed by atoms with Gasteiger partial charge >= 0.3 is 0 Å². The van der Waals surface area contributed by atoms with Crippen LogP contribution in [0, 0.1) is 0 Å². The van der Waals surface area contributed by atoms with E-state index in [1.54, 1.807) is 19.2 Å². The van der Waals surface area contributed by atoms with Crippen molar-refractivity contribution in [2.24, 2.45) is 10.9 Å². The van der Waals surface area contributed by atoms with Gasteiger partial charge in [-0.2, -0.15) is 0 Å². The first kappa shape index (κ1) is 16.1. The number of methoxy groups -OCH3 is 1. The van der Waals surface area contributed by atoms with E-state index in [-0.39, 0.29) is 11.9 Å². The molecule has 5 nitrogen and oxygen atoms in total. The van der Waals surface area contributed by atoms with Crippen molar-refractivity contribution in [3.8, 4) is 0 Å². The van der Waals surface area contributed by atoms with Gasteiger partial charge in [-0.3, -0.25) is 0 Å². The first-order valence-corrected chi connectivity index (χ1v) is 7.42. The van der Waals surface area contributed by atoms with Crippen molar-refractivity contribution in [1.29, 1.82) is 0 Å². The van der Waals surface area contributed by atoms with Crippen LogP contribution in [0.25, 0.3) is 0 Å². The number of hydrogen-bond donors (Lipinski definition) is 2. The maximum absolute atomic E-state index is 8.65. The standard InChI is InChI=1S/C15H21ClN2O3/c1-20-12-3-2-4-13(8-12)21-9-11-6-5-10(7-14(11)16)15(17)18-19/h5-7,12-13,19H,2-4,8-9H2,1H3,(H2,17,18). The summed E-state index contributed by atoms with van der Waals surface area (Å²) in [7, 11) is 1.75. The van der Waals surface area contributed by atoms with E-state index in [0.29, 0.717) is 23.3 Å². The molecule has 0 spiro atoms. The fraction of sp³-hybridized carbons (Fsp3) is 0.533. The van der Waals surface area contributed by atoms with Crippen LogP contribution in [0.15, 0.2) is 23.4 Å². The van der Waals surface area contributed by atoms with Crippen LogP contribution in [-0.2, 0) is 16.1 Å². The second kappa shape index (κ2) is 7.64. The molecule has 6 heteroatoms. The Kier molecular flexibility index (Phi) is 5.85. The Bertz CT molecular complexity index is 508. The Morgan fingerprint density at radius 1 is 1.43 bits per heavy atom. The maximum Gasteiger partial charge on any atom is 0.170 e. The summed E-state index contributed by atoms with van der Waals surface area (Å²) in [4.78, 5) is 0. The molecule has 0 saturated heterocycles. The van der Waals surface area contributed by atoms with Crippen LogP contribution in [0.5, 0.6) is 0 Å². The summed E-state index contributed by atoms with van der Waals surface area (Å²) in [6.07, 6.45) is 4.71. The number of benzene rings is 1. The van der Waals surface area contributed by atoms with Gasteiger partial charge in [-0.1, -0.05) is 28.9 Å². The quantitative estimate of drug-likeness (QED) is 0.379. The molecule has 2 atom stereocenters. The molecular weight excluding hydrogens is 292 g/mol. The molecule has 1 fully saturated rings. The number of hydrogen-bond acceptors (Lipinski definition) is 4.